The SMILES string of the molecule is CN1CCCC1CCn1c(=O)c2cc(F)ccc2n2c(=S)[nH]nc12. The predicted molar refractivity (Wildman–Crippen MR) is 92.4 cm³/mol. The van der Waals surface area contributed by atoms with Crippen LogP contribution < -0.4 is 5.56 Å². The molecule has 126 valence electrons. The largest absolute Gasteiger partial charge is 0.303 e. The van der Waals surface area contributed by atoms with Gasteiger partial charge in [-0.05, 0) is 63.3 Å². The lowest BCUT2D eigenvalue weighted by Crippen LogP contribution is -2.29. The van der Waals surface area contributed by atoms with Crippen molar-refractivity contribution in [2.75, 3.05) is 13.6 Å². The van der Waals surface area contributed by atoms with E-state index in [0.29, 0.717) is 34.0 Å². The molecule has 1 aromatic carbocycles. The number of rotatable bonds is 3. The molecule has 0 saturated carbocycles. The van der Waals surface area contributed by atoms with Crippen molar-refractivity contribution < 1.29 is 4.39 Å². The summed E-state index contributed by atoms with van der Waals surface area (Å²) in [5, 5.41) is 7.28. The van der Waals surface area contributed by atoms with Crippen molar-refractivity contribution in [1.82, 2.24) is 24.1 Å². The van der Waals surface area contributed by atoms with E-state index in [4.69, 9.17) is 12.2 Å². The molecule has 0 bridgehead atoms. The molecule has 2 aromatic heterocycles. The minimum absolute atomic E-state index is 0.230. The van der Waals surface area contributed by atoms with Crippen LogP contribution in [-0.4, -0.2) is 43.7 Å². The highest BCUT2D eigenvalue weighted by molar-refractivity contribution is 7.71. The van der Waals surface area contributed by atoms with Gasteiger partial charge in [0.05, 0.1) is 10.9 Å². The maximum atomic E-state index is 13.6. The van der Waals surface area contributed by atoms with Crippen molar-refractivity contribution in [3.05, 3.63) is 39.1 Å². The van der Waals surface area contributed by atoms with Gasteiger partial charge < -0.3 is 4.90 Å². The Morgan fingerprint density at radius 1 is 1.46 bits per heavy atom. The zero-order chi connectivity index (χ0) is 16.8. The number of aromatic nitrogens is 4. The molecule has 1 fully saturated rings. The van der Waals surface area contributed by atoms with E-state index in [1.54, 1.807) is 15.0 Å². The Balaban J connectivity index is 1.88. The fraction of sp³-hybridized carbons (Fsp3) is 0.438. The molecule has 1 unspecified atom stereocenters. The zero-order valence-corrected chi connectivity index (χ0v) is 14.1. The second-order valence-corrected chi connectivity index (χ2v) is 6.73. The van der Waals surface area contributed by atoms with Crippen molar-refractivity contribution in [3.8, 4) is 0 Å². The van der Waals surface area contributed by atoms with Crippen LogP contribution in [-0.2, 0) is 6.54 Å². The molecule has 3 aromatic rings. The average molecular weight is 347 g/mol. The second-order valence-electron chi connectivity index (χ2n) is 6.35. The number of nitrogens with one attached hydrogen (secondary N) is 1. The standard InChI is InChI=1S/C16H18FN5OS/c1-20-7-2-3-11(20)6-8-21-14(23)12-9-10(17)4-5-13(12)22-15(21)18-19-16(22)24/h4-5,9,11H,2-3,6-8H2,1H3,(H,19,24). The van der Waals surface area contributed by atoms with Crippen LogP contribution in [0.3, 0.4) is 0 Å². The number of benzene rings is 1. The van der Waals surface area contributed by atoms with Gasteiger partial charge in [0.1, 0.15) is 5.82 Å². The first-order chi connectivity index (χ1) is 11.6. The molecule has 0 aliphatic carbocycles. The number of aryl methyl sites for hydroxylation is 1. The molecule has 4 rings (SSSR count). The van der Waals surface area contributed by atoms with Gasteiger partial charge in [-0.25, -0.2) is 9.49 Å². The molecular formula is C16H18FN5OS. The first kappa shape index (κ1) is 15.5. The average Bonchev–Trinajstić information content (AvgIpc) is 3.14. The Labute approximate surface area is 142 Å². The van der Waals surface area contributed by atoms with E-state index in [0.717, 1.165) is 19.4 Å². The molecular weight excluding hydrogens is 329 g/mol. The molecule has 1 N–H and O–H groups in total. The molecule has 1 aliphatic heterocycles. The van der Waals surface area contributed by atoms with Gasteiger partial charge in [0.2, 0.25) is 10.5 Å². The summed E-state index contributed by atoms with van der Waals surface area (Å²) < 4.78 is 17.3. The number of hydrogen-bond donors (Lipinski definition) is 1. The van der Waals surface area contributed by atoms with Gasteiger partial charge >= 0.3 is 0 Å². The van der Waals surface area contributed by atoms with E-state index in [9.17, 15) is 9.18 Å². The summed E-state index contributed by atoms with van der Waals surface area (Å²) >= 11 is 5.29. The third-order valence-corrected chi connectivity index (χ3v) is 5.20. The third-order valence-electron chi connectivity index (χ3n) is 4.93. The normalized spacial score (nSPS) is 18.8. The zero-order valence-electron chi connectivity index (χ0n) is 13.3. The fourth-order valence-corrected chi connectivity index (χ4v) is 3.85. The Bertz CT molecular complexity index is 1040. The number of nitrogens with zero attached hydrogens (tertiary/aromatic N) is 4. The number of fused-ring (bicyclic) bond motifs is 3. The van der Waals surface area contributed by atoms with Gasteiger partial charge in [0, 0.05) is 12.6 Å². The van der Waals surface area contributed by atoms with Gasteiger partial charge in [0.25, 0.3) is 5.56 Å². The van der Waals surface area contributed by atoms with Crippen molar-refractivity contribution >= 4 is 28.9 Å². The summed E-state index contributed by atoms with van der Waals surface area (Å²) in [5.41, 5.74) is 0.344. The van der Waals surface area contributed by atoms with Crippen molar-refractivity contribution in [2.24, 2.45) is 0 Å². The van der Waals surface area contributed by atoms with Crippen LogP contribution in [0.5, 0.6) is 0 Å². The van der Waals surface area contributed by atoms with Crippen LogP contribution in [0.25, 0.3) is 16.7 Å². The highest BCUT2D eigenvalue weighted by Gasteiger charge is 2.22. The molecule has 3 heterocycles. The Morgan fingerprint density at radius 2 is 2.29 bits per heavy atom. The van der Waals surface area contributed by atoms with E-state index in [1.807, 2.05) is 0 Å². The monoisotopic (exact) mass is 347 g/mol. The second kappa shape index (κ2) is 5.78. The van der Waals surface area contributed by atoms with E-state index in [-0.39, 0.29) is 5.56 Å². The summed E-state index contributed by atoms with van der Waals surface area (Å²) in [4.78, 5) is 15.2. The van der Waals surface area contributed by atoms with E-state index >= 15 is 0 Å². The lowest BCUT2D eigenvalue weighted by atomic mass is 10.1. The molecule has 8 heteroatoms. The molecule has 1 aliphatic rings. The predicted octanol–water partition coefficient (Wildman–Crippen LogP) is 2.33. The Kier molecular flexibility index (Phi) is 3.73. The summed E-state index contributed by atoms with van der Waals surface area (Å²) in [5.74, 6) is 0.0424. The van der Waals surface area contributed by atoms with Crippen LogP contribution in [0.15, 0.2) is 23.0 Å². The first-order valence-electron chi connectivity index (χ1n) is 8.05. The number of hydrogen-bond acceptors (Lipinski definition) is 4. The van der Waals surface area contributed by atoms with Gasteiger partial charge in [-0.15, -0.1) is 5.10 Å². The van der Waals surface area contributed by atoms with Gasteiger partial charge in [-0.2, -0.15) is 0 Å². The third kappa shape index (κ3) is 2.37. The Hall–Kier alpha value is -2.06. The van der Waals surface area contributed by atoms with Crippen molar-refractivity contribution in [2.45, 2.75) is 31.8 Å². The van der Waals surface area contributed by atoms with Crippen LogP contribution >= 0.6 is 12.2 Å². The molecule has 1 atom stereocenters. The van der Waals surface area contributed by atoms with Crippen molar-refractivity contribution in [3.63, 3.8) is 0 Å². The van der Waals surface area contributed by atoms with Crippen LogP contribution in [0.1, 0.15) is 19.3 Å². The molecule has 24 heavy (non-hydrogen) atoms. The molecule has 0 spiro atoms. The van der Waals surface area contributed by atoms with Gasteiger partial charge in [-0.1, -0.05) is 0 Å². The summed E-state index contributed by atoms with van der Waals surface area (Å²) in [7, 11) is 2.11. The smallest absolute Gasteiger partial charge is 0.262 e. The summed E-state index contributed by atoms with van der Waals surface area (Å²) in [6.07, 6.45) is 3.17. The maximum Gasteiger partial charge on any atom is 0.262 e. The van der Waals surface area contributed by atoms with Gasteiger partial charge in [-0.3, -0.25) is 13.8 Å². The molecule has 0 amide bonds. The summed E-state index contributed by atoms with van der Waals surface area (Å²) in [6, 6.07) is 4.62. The Morgan fingerprint density at radius 3 is 3.04 bits per heavy atom. The maximum absolute atomic E-state index is 13.6. The number of likely N-dealkylation sites (tertiary alicyclic amines) is 1. The molecule has 1 saturated heterocycles. The van der Waals surface area contributed by atoms with E-state index in [2.05, 4.69) is 22.1 Å². The highest BCUT2D eigenvalue weighted by Crippen LogP contribution is 2.20. The molecule has 6 nitrogen and oxygen atoms in total. The number of halogens is 1. The van der Waals surface area contributed by atoms with Gasteiger partial charge in [0.15, 0.2) is 0 Å². The number of H-pyrrole nitrogens is 1. The van der Waals surface area contributed by atoms with E-state index < -0.39 is 5.82 Å². The van der Waals surface area contributed by atoms with Crippen LogP contribution in [0.4, 0.5) is 4.39 Å². The lowest BCUT2D eigenvalue weighted by Gasteiger charge is -2.20. The highest BCUT2D eigenvalue weighted by atomic mass is 32.1. The topological polar surface area (TPSA) is 58.3 Å². The minimum Gasteiger partial charge on any atom is -0.303 e. The minimum atomic E-state index is -0.434. The van der Waals surface area contributed by atoms with E-state index in [1.165, 1.54) is 18.6 Å². The van der Waals surface area contributed by atoms with Crippen LogP contribution in [0, 0.1) is 10.6 Å². The molecule has 0 radical (unpaired) electrons. The first-order valence-corrected chi connectivity index (χ1v) is 8.46. The number of aromatic amines is 1. The quantitative estimate of drug-likeness (QED) is 0.739. The fourth-order valence-electron chi connectivity index (χ4n) is 3.62. The summed E-state index contributed by atoms with van der Waals surface area (Å²) in [6.45, 7) is 1.62. The van der Waals surface area contributed by atoms with Crippen LogP contribution in [0.2, 0.25) is 0 Å². The lowest BCUT2D eigenvalue weighted by molar-refractivity contribution is 0.286. The van der Waals surface area contributed by atoms with Crippen molar-refractivity contribution in [1.29, 1.82) is 0 Å².